The van der Waals surface area contributed by atoms with Crippen molar-refractivity contribution in [3.63, 3.8) is 0 Å². The molecule has 0 bridgehead atoms. The molecule has 0 saturated carbocycles. The van der Waals surface area contributed by atoms with E-state index in [1.165, 1.54) is 4.68 Å². The van der Waals surface area contributed by atoms with Crippen LogP contribution in [0.3, 0.4) is 0 Å². The van der Waals surface area contributed by atoms with Crippen molar-refractivity contribution < 1.29 is 0 Å². The molecule has 0 atom stereocenters. The van der Waals surface area contributed by atoms with Crippen LogP contribution in [0.5, 0.6) is 0 Å². The maximum Gasteiger partial charge on any atom is 0.198 e. The van der Waals surface area contributed by atoms with Gasteiger partial charge in [-0.1, -0.05) is 29.8 Å². The second-order valence-electron chi connectivity index (χ2n) is 2.90. The number of thiocarbonyl (C=S) groups is 1. The van der Waals surface area contributed by atoms with Crippen LogP contribution < -0.4 is 5.32 Å². The molecule has 1 N–H and O–H groups in total. The van der Waals surface area contributed by atoms with E-state index >= 15 is 0 Å². The van der Waals surface area contributed by atoms with Crippen LogP contribution in [0.15, 0.2) is 42.7 Å². The standard InChI is InChI=1S/C10H8ClN3S/c11-8-6-12-14(7-8)10(15)13-9-4-2-1-3-5-9/h1-7H,(H,13,15). The average Bonchev–Trinajstić information content (AvgIpc) is 2.66. The van der Waals surface area contributed by atoms with Gasteiger partial charge in [0.25, 0.3) is 0 Å². The molecule has 0 spiro atoms. The summed E-state index contributed by atoms with van der Waals surface area (Å²) in [4.78, 5) is 0. The van der Waals surface area contributed by atoms with Crippen LogP contribution in [0, 0.1) is 0 Å². The van der Waals surface area contributed by atoms with Gasteiger partial charge in [0.1, 0.15) is 0 Å². The molecule has 0 aliphatic heterocycles. The molecular formula is C10H8ClN3S. The lowest BCUT2D eigenvalue weighted by atomic mass is 10.3. The third kappa shape index (κ3) is 2.55. The minimum absolute atomic E-state index is 0.494. The van der Waals surface area contributed by atoms with Crippen molar-refractivity contribution in [3.8, 4) is 0 Å². The summed E-state index contributed by atoms with van der Waals surface area (Å²) in [5.74, 6) is 0. The van der Waals surface area contributed by atoms with E-state index < -0.39 is 0 Å². The van der Waals surface area contributed by atoms with E-state index in [4.69, 9.17) is 23.8 Å². The maximum absolute atomic E-state index is 5.74. The van der Waals surface area contributed by atoms with Gasteiger partial charge in [0, 0.05) is 5.69 Å². The topological polar surface area (TPSA) is 29.9 Å². The number of anilines is 1. The van der Waals surface area contributed by atoms with Crippen molar-refractivity contribution in [1.29, 1.82) is 0 Å². The first kappa shape index (κ1) is 10.1. The quantitative estimate of drug-likeness (QED) is 0.774. The molecule has 0 radical (unpaired) electrons. The lowest BCUT2D eigenvalue weighted by molar-refractivity contribution is 0.947. The summed E-state index contributed by atoms with van der Waals surface area (Å²) in [6.07, 6.45) is 3.19. The fraction of sp³-hybridized carbons (Fsp3) is 0. The molecule has 1 aromatic carbocycles. The number of para-hydroxylation sites is 1. The highest BCUT2D eigenvalue weighted by Gasteiger charge is 2.01. The van der Waals surface area contributed by atoms with Gasteiger partial charge in [-0.25, -0.2) is 4.68 Å². The van der Waals surface area contributed by atoms with Crippen LogP contribution in [-0.2, 0) is 0 Å². The molecule has 3 nitrogen and oxygen atoms in total. The van der Waals surface area contributed by atoms with E-state index in [9.17, 15) is 0 Å². The van der Waals surface area contributed by atoms with Crippen LogP contribution in [0.4, 0.5) is 5.69 Å². The van der Waals surface area contributed by atoms with Crippen molar-refractivity contribution in [2.75, 3.05) is 5.32 Å². The monoisotopic (exact) mass is 237 g/mol. The summed E-state index contributed by atoms with van der Waals surface area (Å²) in [6.45, 7) is 0. The van der Waals surface area contributed by atoms with Gasteiger partial charge in [-0.2, -0.15) is 5.10 Å². The van der Waals surface area contributed by atoms with Crippen LogP contribution in [0.2, 0.25) is 5.02 Å². The summed E-state index contributed by atoms with van der Waals surface area (Å²) in [7, 11) is 0. The van der Waals surface area contributed by atoms with Crippen molar-refractivity contribution in [1.82, 2.24) is 9.78 Å². The van der Waals surface area contributed by atoms with Crippen molar-refractivity contribution in [2.45, 2.75) is 0 Å². The largest absolute Gasteiger partial charge is 0.331 e. The molecule has 0 saturated heterocycles. The molecular weight excluding hydrogens is 230 g/mol. The van der Waals surface area contributed by atoms with Crippen LogP contribution in [0.25, 0.3) is 0 Å². The van der Waals surface area contributed by atoms with Crippen molar-refractivity contribution in [2.24, 2.45) is 0 Å². The van der Waals surface area contributed by atoms with E-state index in [0.717, 1.165) is 5.69 Å². The number of aromatic nitrogens is 2. The molecule has 0 aliphatic carbocycles. The first-order valence-corrected chi connectivity index (χ1v) is 5.11. The fourth-order valence-electron chi connectivity index (χ4n) is 1.11. The number of halogens is 1. The average molecular weight is 238 g/mol. The molecule has 2 aromatic rings. The van der Waals surface area contributed by atoms with Crippen LogP contribution in [0.1, 0.15) is 0 Å². The van der Waals surface area contributed by atoms with E-state index in [0.29, 0.717) is 10.1 Å². The summed E-state index contributed by atoms with van der Waals surface area (Å²) in [5.41, 5.74) is 0.925. The third-order valence-corrected chi connectivity index (χ3v) is 2.27. The first-order valence-electron chi connectivity index (χ1n) is 4.32. The molecule has 2 rings (SSSR count). The normalized spacial score (nSPS) is 9.93. The van der Waals surface area contributed by atoms with Gasteiger partial charge < -0.3 is 5.32 Å². The molecule has 76 valence electrons. The number of benzene rings is 1. The van der Waals surface area contributed by atoms with Crippen molar-refractivity contribution >= 4 is 34.6 Å². The first-order chi connectivity index (χ1) is 7.25. The van der Waals surface area contributed by atoms with Crippen LogP contribution in [-0.4, -0.2) is 14.9 Å². The van der Waals surface area contributed by atoms with Crippen molar-refractivity contribution in [3.05, 3.63) is 47.7 Å². The molecule has 0 aliphatic rings. The Morgan fingerprint density at radius 1 is 1.33 bits per heavy atom. The SMILES string of the molecule is S=C(Nc1ccccc1)n1cc(Cl)cn1. The highest BCUT2D eigenvalue weighted by molar-refractivity contribution is 7.80. The van der Waals surface area contributed by atoms with Gasteiger partial charge in [0.2, 0.25) is 0 Å². The second kappa shape index (κ2) is 4.42. The smallest absolute Gasteiger partial charge is 0.198 e. The zero-order chi connectivity index (χ0) is 10.7. The van der Waals surface area contributed by atoms with E-state index in [-0.39, 0.29) is 0 Å². The Labute approximate surface area is 97.7 Å². The molecule has 1 aromatic heterocycles. The Morgan fingerprint density at radius 3 is 2.67 bits per heavy atom. The van der Waals surface area contributed by atoms with Gasteiger partial charge in [-0.05, 0) is 24.4 Å². The maximum atomic E-state index is 5.74. The number of hydrogen-bond acceptors (Lipinski definition) is 2. The second-order valence-corrected chi connectivity index (χ2v) is 3.72. The Bertz CT molecular complexity index is 467. The minimum Gasteiger partial charge on any atom is -0.331 e. The summed E-state index contributed by atoms with van der Waals surface area (Å²) in [6, 6.07) is 9.66. The van der Waals surface area contributed by atoms with Gasteiger partial charge >= 0.3 is 0 Å². The molecule has 1 heterocycles. The summed E-state index contributed by atoms with van der Waals surface area (Å²) in [5, 5.41) is 8.09. The summed E-state index contributed by atoms with van der Waals surface area (Å²) >= 11 is 10.9. The fourth-order valence-corrected chi connectivity index (χ4v) is 1.47. The van der Waals surface area contributed by atoms with Gasteiger partial charge in [0.05, 0.1) is 17.4 Å². The molecule has 0 unspecified atom stereocenters. The summed E-state index contributed by atoms with van der Waals surface area (Å²) < 4.78 is 1.52. The Balaban J connectivity index is 2.11. The lowest BCUT2D eigenvalue weighted by Gasteiger charge is -2.06. The number of nitrogens with zero attached hydrogens (tertiary/aromatic N) is 2. The predicted molar refractivity (Wildman–Crippen MR) is 65.3 cm³/mol. The zero-order valence-corrected chi connectivity index (χ0v) is 9.29. The van der Waals surface area contributed by atoms with E-state index in [1.807, 2.05) is 30.3 Å². The lowest BCUT2D eigenvalue weighted by Crippen LogP contribution is -2.19. The van der Waals surface area contributed by atoms with Crippen LogP contribution >= 0.6 is 23.8 Å². The number of rotatable bonds is 1. The molecule has 5 heteroatoms. The highest BCUT2D eigenvalue weighted by Crippen LogP contribution is 2.08. The predicted octanol–water partition coefficient (Wildman–Crippen LogP) is 2.78. The number of hydrogen-bond donors (Lipinski definition) is 1. The zero-order valence-electron chi connectivity index (χ0n) is 7.72. The Hall–Kier alpha value is -1.39. The minimum atomic E-state index is 0.494. The highest BCUT2D eigenvalue weighted by atomic mass is 35.5. The van der Waals surface area contributed by atoms with E-state index in [2.05, 4.69) is 10.4 Å². The van der Waals surface area contributed by atoms with Gasteiger partial charge in [0.15, 0.2) is 5.11 Å². The molecule has 0 fully saturated rings. The van der Waals surface area contributed by atoms with Gasteiger partial charge in [-0.3, -0.25) is 0 Å². The Kier molecular flexibility index (Phi) is 2.99. The number of nitrogens with one attached hydrogen (secondary N) is 1. The Morgan fingerprint density at radius 2 is 2.07 bits per heavy atom. The van der Waals surface area contributed by atoms with Gasteiger partial charge in [-0.15, -0.1) is 0 Å². The van der Waals surface area contributed by atoms with E-state index in [1.54, 1.807) is 12.4 Å². The molecule has 0 amide bonds. The third-order valence-electron chi connectivity index (χ3n) is 1.78. The molecule has 15 heavy (non-hydrogen) atoms.